The highest BCUT2D eigenvalue weighted by Gasteiger charge is 2.60. The van der Waals surface area contributed by atoms with Crippen molar-refractivity contribution >= 4 is 15.9 Å². The van der Waals surface area contributed by atoms with E-state index in [4.69, 9.17) is 0 Å². The predicted octanol–water partition coefficient (Wildman–Crippen LogP) is 4.50. The summed E-state index contributed by atoms with van der Waals surface area (Å²) >= 11 is 2.50. The summed E-state index contributed by atoms with van der Waals surface area (Å²) in [5.41, 5.74) is -1.43. The van der Waals surface area contributed by atoms with Gasteiger partial charge in [-0.25, -0.2) is 8.78 Å². The van der Waals surface area contributed by atoms with Gasteiger partial charge in [-0.05, 0) is 28.1 Å². The fourth-order valence-corrected chi connectivity index (χ4v) is 1.80. The van der Waals surface area contributed by atoms with Gasteiger partial charge in [-0.3, -0.25) is 0 Å². The Labute approximate surface area is 115 Å². The average molecular weight is 373 g/mol. The third kappa shape index (κ3) is 3.60. The zero-order valence-electron chi connectivity index (χ0n) is 9.16. The Hall–Kier alpha value is -0.900. The van der Waals surface area contributed by atoms with E-state index in [1.807, 2.05) is 0 Å². The molecule has 0 saturated carbocycles. The molecule has 0 aromatic heterocycles. The van der Waals surface area contributed by atoms with Crippen LogP contribution in [0.3, 0.4) is 0 Å². The van der Waals surface area contributed by atoms with Crippen molar-refractivity contribution in [2.75, 3.05) is 0 Å². The third-order valence-corrected chi connectivity index (χ3v) is 2.99. The van der Waals surface area contributed by atoms with Crippen LogP contribution in [-0.2, 0) is 0 Å². The number of rotatable bonds is 2. The van der Waals surface area contributed by atoms with Crippen LogP contribution in [-0.4, -0.2) is 17.5 Å². The van der Waals surface area contributed by atoms with Crippen LogP contribution in [0.15, 0.2) is 16.6 Å². The van der Waals surface area contributed by atoms with Gasteiger partial charge in [0.15, 0.2) is 5.92 Å². The number of hydrogen-bond acceptors (Lipinski definition) is 1. The van der Waals surface area contributed by atoms with Crippen molar-refractivity contribution in [3.05, 3.63) is 33.8 Å². The smallest absolute Gasteiger partial charge is 0.387 e. The maximum atomic E-state index is 13.3. The molecule has 10 heteroatoms. The number of aliphatic hydroxyl groups excluding tert-OH is 1. The molecule has 20 heavy (non-hydrogen) atoms. The van der Waals surface area contributed by atoms with E-state index in [9.17, 15) is 40.2 Å². The first-order valence-electron chi connectivity index (χ1n) is 4.81. The number of hydrogen-bond donors (Lipinski definition) is 1. The Morgan fingerprint density at radius 2 is 1.35 bits per heavy atom. The molecule has 1 aromatic carbocycles. The normalized spacial score (nSPS) is 14.8. The van der Waals surface area contributed by atoms with Crippen molar-refractivity contribution in [3.63, 3.8) is 0 Å². The molecule has 0 radical (unpaired) electrons. The summed E-state index contributed by atoms with van der Waals surface area (Å²) in [5, 5.41) is 9.19. The van der Waals surface area contributed by atoms with Gasteiger partial charge in [0.1, 0.15) is 17.7 Å². The monoisotopic (exact) mass is 372 g/mol. The molecule has 0 aliphatic rings. The lowest BCUT2D eigenvalue weighted by Gasteiger charge is -2.27. The highest BCUT2D eigenvalue weighted by atomic mass is 79.9. The van der Waals surface area contributed by atoms with Crippen LogP contribution in [0, 0.1) is 17.6 Å². The molecule has 0 aliphatic carbocycles. The fourth-order valence-electron chi connectivity index (χ4n) is 1.49. The van der Waals surface area contributed by atoms with Crippen LogP contribution in [0.2, 0.25) is 0 Å². The van der Waals surface area contributed by atoms with Crippen LogP contribution in [0.25, 0.3) is 0 Å². The molecule has 0 fully saturated rings. The summed E-state index contributed by atoms with van der Waals surface area (Å²) in [4.78, 5) is 0. The van der Waals surface area contributed by atoms with E-state index in [-0.39, 0.29) is 6.07 Å². The van der Waals surface area contributed by atoms with Gasteiger partial charge < -0.3 is 5.11 Å². The molecule has 1 aromatic rings. The molecule has 0 saturated heterocycles. The highest BCUT2D eigenvalue weighted by Crippen LogP contribution is 2.47. The molecular formula is C10H5BrF8O. The Morgan fingerprint density at radius 3 is 1.75 bits per heavy atom. The fraction of sp³-hybridized carbons (Fsp3) is 0.400. The molecular weight excluding hydrogens is 368 g/mol. The summed E-state index contributed by atoms with van der Waals surface area (Å²) in [6.07, 6.45) is -15.0. The Balaban J connectivity index is 3.34. The van der Waals surface area contributed by atoms with Gasteiger partial charge in [0, 0.05) is 5.56 Å². The molecule has 114 valence electrons. The van der Waals surface area contributed by atoms with Crippen LogP contribution >= 0.6 is 15.9 Å². The molecule has 0 aliphatic heterocycles. The zero-order valence-corrected chi connectivity index (χ0v) is 10.7. The van der Waals surface area contributed by atoms with Gasteiger partial charge in [-0.15, -0.1) is 0 Å². The van der Waals surface area contributed by atoms with Crippen molar-refractivity contribution in [1.29, 1.82) is 0 Å². The van der Waals surface area contributed by atoms with Gasteiger partial charge in [-0.2, -0.15) is 26.3 Å². The zero-order chi connectivity index (χ0) is 15.9. The Bertz CT molecular complexity index is 481. The minimum absolute atomic E-state index is 0.0779. The lowest BCUT2D eigenvalue weighted by Crippen LogP contribution is -2.41. The topological polar surface area (TPSA) is 20.2 Å². The first-order valence-corrected chi connectivity index (χ1v) is 5.61. The Morgan fingerprint density at radius 1 is 0.900 bits per heavy atom. The second-order valence-electron chi connectivity index (χ2n) is 3.79. The summed E-state index contributed by atoms with van der Waals surface area (Å²) in [5.74, 6) is -7.11. The van der Waals surface area contributed by atoms with Gasteiger partial charge in [-0.1, -0.05) is 0 Å². The van der Waals surface area contributed by atoms with E-state index < -0.39 is 46.0 Å². The van der Waals surface area contributed by atoms with E-state index in [0.717, 1.165) is 0 Å². The predicted molar refractivity (Wildman–Crippen MR) is 54.6 cm³/mol. The largest absolute Gasteiger partial charge is 0.403 e. The summed E-state index contributed by atoms with van der Waals surface area (Å²) in [7, 11) is 0. The minimum Gasteiger partial charge on any atom is -0.387 e. The molecule has 0 bridgehead atoms. The molecule has 0 spiro atoms. The Kier molecular flexibility index (Phi) is 4.69. The number of benzene rings is 1. The van der Waals surface area contributed by atoms with E-state index >= 15 is 0 Å². The molecule has 0 amide bonds. The van der Waals surface area contributed by atoms with E-state index in [1.165, 1.54) is 0 Å². The number of aliphatic hydroxyl groups is 1. The van der Waals surface area contributed by atoms with Crippen LogP contribution in [0.4, 0.5) is 35.1 Å². The maximum Gasteiger partial charge on any atom is 0.403 e. The minimum atomic E-state index is -5.87. The van der Waals surface area contributed by atoms with Crippen LogP contribution in [0.5, 0.6) is 0 Å². The molecule has 0 heterocycles. The first-order chi connectivity index (χ1) is 8.85. The molecule has 1 unspecified atom stereocenters. The standard InChI is InChI=1S/C10H5BrF8O/c11-4-2-5(12)3(1-6(4)13)7(20)8(9(14,15)16)10(17,18)19/h1-2,7-8,20H. The van der Waals surface area contributed by atoms with Crippen molar-refractivity contribution in [2.45, 2.75) is 18.5 Å². The molecule has 1 rings (SSSR count). The van der Waals surface area contributed by atoms with Crippen molar-refractivity contribution in [2.24, 2.45) is 5.92 Å². The summed E-state index contributed by atoms with van der Waals surface area (Å²) in [6, 6.07) is 0.409. The average Bonchev–Trinajstić information content (AvgIpc) is 2.18. The summed E-state index contributed by atoms with van der Waals surface area (Å²) < 4.78 is 100. The third-order valence-electron chi connectivity index (χ3n) is 2.38. The molecule has 1 nitrogen and oxygen atoms in total. The van der Waals surface area contributed by atoms with Gasteiger partial charge in [0.25, 0.3) is 0 Å². The van der Waals surface area contributed by atoms with Gasteiger partial charge >= 0.3 is 12.4 Å². The van der Waals surface area contributed by atoms with Crippen LogP contribution in [0.1, 0.15) is 11.7 Å². The van der Waals surface area contributed by atoms with E-state index in [2.05, 4.69) is 15.9 Å². The molecule has 1 atom stereocenters. The lowest BCUT2D eigenvalue weighted by molar-refractivity contribution is -0.307. The van der Waals surface area contributed by atoms with Gasteiger partial charge in [0.05, 0.1) is 4.47 Å². The first kappa shape index (κ1) is 17.2. The number of alkyl halides is 6. The lowest BCUT2D eigenvalue weighted by atomic mass is 9.94. The van der Waals surface area contributed by atoms with Crippen molar-refractivity contribution < 1.29 is 40.2 Å². The van der Waals surface area contributed by atoms with E-state index in [1.54, 1.807) is 0 Å². The quantitative estimate of drug-likeness (QED) is 0.598. The van der Waals surface area contributed by atoms with Crippen molar-refractivity contribution in [1.82, 2.24) is 0 Å². The number of halogens is 9. The maximum absolute atomic E-state index is 13.3. The second-order valence-corrected chi connectivity index (χ2v) is 4.65. The highest BCUT2D eigenvalue weighted by molar-refractivity contribution is 9.10. The second kappa shape index (κ2) is 5.47. The SMILES string of the molecule is OC(c1cc(F)c(Br)cc1F)C(C(F)(F)F)C(F)(F)F. The van der Waals surface area contributed by atoms with E-state index in [0.29, 0.717) is 6.07 Å². The van der Waals surface area contributed by atoms with Crippen molar-refractivity contribution in [3.8, 4) is 0 Å². The molecule has 1 N–H and O–H groups in total. The summed E-state index contributed by atoms with van der Waals surface area (Å²) in [6.45, 7) is 0. The van der Waals surface area contributed by atoms with Crippen LogP contribution < -0.4 is 0 Å². The van der Waals surface area contributed by atoms with Gasteiger partial charge in [0.2, 0.25) is 0 Å².